The van der Waals surface area contributed by atoms with Crippen molar-refractivity contribution < 1.29 is 51.8 Å². The number of carbonyl (C=O) groups is 4. The van der Waals surface area contributed by atoms with Gasteiger partial charge in [-0.3, -0.25) is 19.4 Å². The summed E-state index contributed by atoms with van der Waals surface area (Å²) < 4.78 is 49.3. The Morgan fingerprint density at radius 3 is 2.24 bits per heavy atom. The van der Waals surface area contributed by atoms with Crippen LogP contribution in [0.15, 0.2) is 97.2 Å². The Kier molecular flexibility index (Phi) is 16.2. The van der Waals surface area contributed by atoms with Gasteiger partial charge in [0.15, 0.2) is 0 Å². The number of nitrogens with zero attached hydrogens (tertiary/aromatic N) is 10. The van der Waals surface area contributed by atoms with Crippen molar-refractivity contribution in [3.05, 3.63) is 136 Å². The molecule has 354 valence electrons. The minimum atomic E-state index is -2.09. The number of halogens is 2. The maximum Gasteiger partial charge on any atom is 0.418 e. The van der Waals surface area contributed by atoms with Crippen molar-refractivity contribution in [3.8, 4) is 17.3 Å². The standard InChI is InChI=1S/C46H48F2N11O8S/c1-29(43-54-38(25-68-43)32-13-11-31(20-49)12-14-32)46(64,36-19-35(47)15-16-37(36)48)26-59-28-58(27-53-59)30(2)67-45(63)57(6)42-34(10-8-18-52-42)24-66-40(61)22-55(4)44(62)56(5)41-33(9-7-17-51-41)23-65-39(60)21-50-3/h7-19,25,27-30,50,64H,21-24,26H2,1-6H3/q+1/t29-,30?,46-/m0/s1. The molecule has 0 saturated heterocycles. The van der Waals surface area contributed by atoms with E-state index >= 15 is 4.39 Å². The number of aromatic nitrogens is 6. The molecule has 0 fully saturated rings. The maximum atomic E-state index is 15.5. The van der Waals surface area contributed by atoms with Crippen molar-refractivity contribution in [3.63, 3.8) is 0 Å². The van der Waals surface area contributed by atoms with E-state index in [1.54, 1.807) is 74.8 Å². The summed E-state index contributed by atoms with van der Waals surface area (Å²) in [6.45, 7) is 1.95. The van der Waals surface area contributed by atoms with Crippen LogP contribution in [-0.2, 0) is 49.2 Å². The lowest BCUT2D eigenvalue weighted by Gasteiger charge is -2.32. The summed E-state index contributed by atoms with van der Waals surface area (Å²) in [6, 6.07) is 17.6. The second-order valence-corrected chi connectivity index (χ2v) is 16.4. The Morgan fingerprint density at radius 1 is 0.941 bits per heavy atom. The molecular weight excluding hydrogens is 905 g/mol. The molecular formula is C46H48F2N11O8S+. The maximum absolute atomic E-state index is 15.5. The van der Waals surface area contributed by atoms with Gasteiger partial charge in [-0.1, -0.05) is 31.2 Å². The molecule has 2 N–H and O–H groups in total. The molecule has 0 spiro atoms. The van der Waals surface area contributed by atoms with E-state index in [0.717, 1.165) is 33.6 Å². The molecule has 3 atom stereocenters. The molecule has 22 heteroatoms. The first-order valence-electron chi connectivity index (χ1n) is 20.9. The van der Waals surface area contributed by atoms with Gasteiger partial charge in [0.05, 0.1) is 28.9 Å². The van der Waals surface area contributed by atoms with Crippen LogP contribution in [-0.4, -0.2) is 100 Å². The van der Waals surface area contributed by atoms with Crippen LogP contribution >= 0.6 is 11.3 Å². The second-order valence-electron chi connectivity index (χ2n) is 15.5. The lowest BCUT2D eigenvalue weighted by atomic mass is 9.82. The highest BCUT2D eigenvalue weighted by Crippen LogP contribution is 2.41. The fraction of sp³-hybridized carbons (Fsp3) is 0.304. The smallest absolute Gasteiger partial charge is 0.418 e. The van der Waals surface area contributed by atoms with E-state index in [-0.39, 0.29) is 43.5 Å². The number of benzene rings is 2. The summed E-state index contributed by atoms with van der Waals surface area (Å²) >= 11 is 1.23. The third-order valence-electron chi connectivity index (χ3n) is 10.7. The van der Waals surface area contributed by atoms with Gasteiger partial charge in [0.1, 0.15) is 55.2 Å². The largest absolute Gasteiger partial charge is 0.460 e. The van der Waals surface area contributed by atoms with Gasteiger partial charge in [-0.25, -0.2) is 33.3 Å². The lowest BCUT2D eigenvalue weighted by molar-refractivity contribution is -0.753. The van der Waals surface area contributed by atoms with Gasteiger partial charge in [-0.15, -0.1) is 16.0 Å². The van der Waals surface area contributed by atoms with Crippen molar-refractivity contribution in [2.75, 3.05) is 51.1 Å². The molecule has 2 aromatic carbocycles. The Bertz CT molecular complexity index is 2800. The predicted octanol–water partition coefficient (Wildman–Crippen LogP) is 5.21. The number of anilines is 2. The molecule has 6 rings (SSSR count). The first kappa shape index (κ1) is 49.7. The van der Waals surface area contributed by atoms with Crippen LogP contribution in [0, 0.1) is 23.0 Å². The van der Waals surface area contributed by atoms with Gasteiger partial charge >= 0.3 is 24.1 Å². The summed E-state index contributed by atoms with van der Waals surface area (Å²) in [5, 5.41) is 30.8. The summed E-state index contributed by atoms with van der Waals surface area (Å²) in [7, 11) is 5.89. The summed E-state index contributed by atoms with van der Waals surface area (Å²) in [6.07, 6.45) is 3.84. The van der Waals surface area contributed by atoms with Crippen molar-refractivity contribution in [2.45, 2.75) is 51.4 Å². The molecule has 0 aliphatic carbocycles. The number of esters is 2. The van der Waals surface area contributed by atoms with Gasteiger partial charge in [0.2, 0.25) is 12.6 Å². The Balaban J connectivity index is 1.08. The zero-order chi connectivity index (χ0) is 49.1. The summed E-state index contributed by atoms with van der Waals surface area (Å²) in [5.41, 5.74) is 0.175. The summed E-state index contributed by atoms with van der Waals surface area (Å²) in [5.74, 6) is -3.41. The molecule has 68 heavy (non-hydrogen) atoms. The number of thiazole rings is 1. The first-order valence-corrected chi connectivity index (χ1v) is 21.7. The van der Waals surface area contributed by atoms with Crippen LogP contribution in [0.25, 0.3) is 11.3 Å². The van der Waals surface area contributed by atoms with E-state index in [9.17, 15) is 33.9 Å². The normalized spacial score (nSPS) is 12.8. The number of aliphatic hydroxyl groups is 1. The van der Waals surface area contributed by atoms with E-state index in [1.807, 2.05) is 0 Å². The van der Waals surface area contributed by atoms with Gasteiger partial charge in [0.25, 0.3) is 6.33 Å². The molecule has 4 heterocycles. The second kappa shape index (κ2) is 22.2. The summed E-state index contributed by atoms with van der Waals surface area (Å²) in [4.78, 5) is 68.4. The van der Waals surface area contributed by atoms with Gasteiger partial charge in [0, 0.05) is 79.1 Å². The third-order valence-corrected chi connectivity index (χ3v) is 11.8. The number of hydrogen-bond acceptors (Lipinski definition) is 15. The van der Waals surface area contributed by atoms with Gasteiger partial charge in [-0.2, -0.15) is 9.83 Å². The average Bonchev–Trinajstić information content (AvgIpc) is 4.03. The molecule has 19 nitrogen and oxygen atoms in total. The van der Waals surface area contributed by atoms with Crippen LogP contribution < -0.4 is 19.7 Å². The predicted molar refractivity (Wildman–Crippen MR) is 241 cm³/mol. The van der Waals surface area contributed by atoms with E-state index < -0.39 is 60.0 Å². The highest BCUT2D eigenvalue weighted by molar-refractivity contribution is 7.10. The van der Waals surface area contributed by atoms with Crippen molar-refractivity contribution in [2.24, 2.45) is 0 Å². The van der Waals surface area contributed by atoms with Crippen molar-refractivity contribution >= 4 is 47.0 Å². The van der Waals surface area contributed by atoms with Crippen LogP contribution in [0.3, 0.4) is 0 Å². The number of nitriles is 1. The van der Waals surface area contributed by atoms with E-state index in [1.165, 1.54) is 71.7 Å². The van der Waals surface area contributed by atoms with Crippen molar-refractivity contribution in [1.82, 2.24) is 34.9 Å². The van der Waals surface area contributed by atoms with Crippen LogP contribution in [0.1, 0.15) is 53.3 Å². The minimum absolute atomic E-state index is 0.00509. The highest BCUT2D eigenvalue weighted by atomic mass is 32.1. The van der Waals surface area contributed by atoms with E-state index in [0.29, 0.717) is 27.4 Å². The molecule has 0 aliphatic heterocycles. The van der Waals surface area contributed by atoms with E-state index in [2.05, 4.69) is 26.5 Å². The number of amides is 3. The number of hydrogen-bond donors (Lipinski definition) is 2. The molecule has 1 unspecified atom stereocenters. The number of likely N-dealkylation sites (N-methyl/N-ethyl adjacent to an activating group) is 2. The molecule has 0 bridgehead atoms. The number of nitrogens with one attached hydrogen (secondary N) is 1. The Morgan fingerprint density at radius 2 is 1.59 bits per heavy atom. The lowest BCUT2D eigenvalue weighted by Crippen LogP contribution is -2.42. The fourth-order valence-electron chi connectivity index (χ4n) is 6.91. The molecule has 3 amide bonds. The zero-order valence-electron chi connectivity index (χ0n) is 37.9. The Labute approximate surface area is 393 Å². The van der Waals surface area contributed by atoms with Crippen LogP contribution in [0.2, 0.25) is 0 Å². The first-order chi connectivity index (χ1) is 32.5. The molecule has 4 aromatic heterocycles. The molecule has 6 aromatic rings. The quantitative estimate of drug-likeness (QED) is 0.0642. The SMILES string of the molecule is CNCC(=O)OCc1cccnc1N(C)C(=O)N(C)CC(=O)OCc1cccnc1N(C)C(=O)OC(C)[n+]1cnn(C[C@@](O)(c2cc(F)ccc2F)[C@@H](C)c2nc(-c3ccc(C#N)cc3)cs2)c1. The monoisotopic (exact) mass is 952 g/mol. The van der Waals surface area contributed by atoms with Crippen molar-refractivity contribution in [1.29, 1.82) is 5.26 Å². The number of pyridine rings is 2. The third kappa shape index (κ3) is 11.8. The number of carbonyl (C=O) groups excluding carboxylic acids is 4. The van der Waals surface area contributed by atoms with Gasteiger partial charge in [-0.05, 0) is 49.5 Å². The minimum Gasteiger partial charge on any atom is -0.460 e. The Hall–Kier alpha value is -7.74. The zero-order valence-corrected chi connectivity index (χ0v) is 38.7. The number of urea groups is 1. The number of ether oxygens (including phenoxy) is 3. The molecule has 0 aliphatic rings. The topological polar surface area (TPSA) is 222 Å². The highest BCUT2D eigenvalue weighted by Gasteiger charge is 2.44. The van der Waals surface area contributed by atoms with E-state index in [4.69, 9.17) is 19.2 Å². The van der Waals surface area contributed by atoms with Crippen LogP contribution in [0.4, 0.5) is 30.0 Å². The van der Waals surface area contributed by atoms with Gasteiger partial charge < -0.3 is 29.5 Å². The average molecular weight is 953 g/mol. The fourth-order valence-corrected chi connectivity index (χ4v) is 7.88. The number of rotatable bonds is 18. The van der Waals surface area contributed by atoms with Crippen LogP contribution in [0.5, 0.6) is 0 Å². The molecule has 0 saturated carbocycles. The molecule has 0 radical (unpaired) electrons.